The van der Waals surface area contributed by atoms with Crippen molar-refractivity contribution < 1.29 is 14.7 Å². The molecule has 1 aromatic carbocycles. The number of amides is 2. The highest BCUT2D eigenvalue weighted by molar-refractivity contribution is 5.99. The minimum absolute atomic E-state index is 0.0411. The van der Waals surface area contributed by atoms with E-state index in [4.69, 9.17) is 0 Å². The molecule has 0 radical (unpaired) electrons. The number of benzene rings is 1. The third-order valence-electron chi connectivity index (χ3n) is 4.24. The lowest BCUT2D eigenvalue weighted by Crippen LogP contribution is -2.39. The molecule has 2 N–H and O–H groups in total. The first-order valence-corrected chi connectivity index (χ1v) is 7.60. The van der Waals surface area contributed by atoms with Crippen LogP contribution in [-0.4, -0.2) is 49.1 Å². The molecule has 2 amide bonds. The van der Waals surface area contributed by atoms with Crippen molar-refractivity contribution in [3.8, 4) is 0 Å². The fourth-order valence-electron chi connectivity index (χ4n) is 2.20. The van der Waals surface area contributed by atoms with E-state index < -0.39 is 0 Å². The van der Waals surface area contributed by atoms with Crippen LogP contribution in [0.2, 0.25) is 0 Å². The van der Waals surface area contributed by atoms with Crippen molar-refractivity contribution in [2.75, 3.05) is 27.2 Å². The van der Waals surface area contributed by atoms with Crippen molar-refractivity contribution in [3.05, 3.63) is 35.4 Å². The summed E-state index contributed by atoms with van der Waals surface area (Å²) in [5, 5.41) is 12.4. The molecule has 0 spiro atoms. The van der Waals surface area contributed by atoms with Gasteiger partial charge in [0.15, 0.2) is 0 Å². The fourth-order valence-corrected chi connectivity index (χ4v) is 2.20. The van der Waals surface area contributed by atoms with Gasteiger partial charge in [0, 0.05) is 37.2 Å². The van der Waals surface area contributed by atoms with Gasteiger partial charge in [0.2, 0.25) is 0 Å². The summed E-state index contributed by atoms with van der Waals surface area (Å²) < 4.78 is 0. The van der Waals surface area contributed by atoms with Gasteiger partial charge in [-0.1, -0.05) is 19.9 Å². The average Bonchev–Trinajstić information content (AvgIpc) is 2.55. The number of carbonyl (C=O) groups excluding carboxylic acids is 2. The van der Waals surface area contributed by atoms with Crippen LogP contribution in [0.15, 0.2) is 24.3 Å². The van der Waals surface area contributed by atoms with Gasteiger partial charge in [-0.05, 0) is 31.0 Å². The second-order valence-electron chi connectivity index (χ2n) is 5.83. The molecule has 0 fully saturated rings. The molecule has 0 bridgehead atoms. The summed E-state index contributed by atoms with van der Waals surface area (Å²) >= 11 is 0. The number of aliphatic hydroxyl groups excluding tert-OH is 1. The number of hydrogen-bond donors (Lipinski definition) is 2. The molecule has 0 atom stereocenters. The number of rotatable bonds is 7. The Bertz CT molecular complexity index is 514. The molecule has 0 saturated carbocycles. The van der Waals surface area contributed by atoms with E-state index in [1.165, 1.54) is 4.90 Å². The summed E-state index contributed by atoms with van der Waals surface area (Å²) in [6.45, 7) is 4.46. The number of aliphatic hydroxyl groups is 1. The second kappa shape index (κ2) is 7.94. The van der Waals surface area contributed by atoms with Gasteiger partial charge in [-0.25, -0.2) is 0 Å². The Kier molecular flexibility index (Phi) is 6.56. The summed E-state index contributed by atoms with van der Waals surface area (Å²) in [7, 11) is 3.35. The smallest absolute Gasteiger partial charge is 0.253 e. The highest BCUT2D eigenvalue weighted by Gasteiger charge is 2.26. The number of nitrogens with zero attached hydrogens (tertiary/aromatic N) is 1. The van der Waals surface area contributed by atoms with Crippen LogP contribution >= 0.6 is 0 Å². The van der Waals surface area contributed by atoms with Gasteiger partial charge in [0.25, 0.3) is 11.8 Å². The lowest BCUT2D eigenvalue weighted by molar-refractivity contribution is 0.0827. The minimum Gasteiger partial charge on any atom is -0.396 e. The van der Waals surface area contributed by atoms with Gasteiger partial charge < -0.3 is 15.3 Å². The van der Waals surface area contributed by atoms with E-state index in [9.17, 15) is 14.7 Å². The highest BCUT2D eigenvalue weighted by Crippen LogP contribution is 2.24. The molecule has 5 nitrogen and oxygen atoms in total. The first kappa shape index (κ1) is 18.2. The lowest BCUT2D eigenvalue weighted by atomic mass is 9.83. The van der Waals surface area contributed by atoms with E-state index in [0.717, 1.165) is 12.8 Å². The third kappa shape index (κ3) is 4.31. The Morgan fingerprint density at radius 3 is 2.27 bits per heavy atom. The van der Waals surface area contributed by atoms with E-state index in [-0.39, 0.29) is 23.8 Å². The molecule has 0 aromatic heterocycles. The summed E-state index contributed by atoms with van der Waals surface area (Å²) in [5.41, 5.74) is 0.649. The molecule has 0 aliphatic rings. The van der Waals surface area contributed by atoms with Gasteiger partial charge in [0.05, 0.1) is 6.61 Å². The Labute approximate surface area is 132 Å². The highest BCUT2D eigenvalue weighted by atomic mass is 16.3. The first-order chi connectivity index (χ1) is 10.4. The zero-order valence-corrected chi connectivity index (χ0v) is 13.8. The SMILES string of the molecule is CCC(CC)(CO)CNC(=O)c1cccc(C(=O)N(C)C)c1. The van der Waals surface area contributed by atoms with Crippen LogP contribution in [0.1, 0.15) is 47.4 Å². The van der Waals surface area contributed by atoms with E-state index in [1.54, 1.807) is 38.4 Å². The Hall–Kier alpha value is -1.88. The normalized spacial score (nSPS) is 11.1. The molecule has 0 aliphatic carbocycles. The van der Waals surface area contributed by atoms with Crippen LogP contribution in [0.3, 0.4) is 0 Å². The standard InChI is InChI=1S/C17H26N2O3/c1-5-17(6-2,12-20)11-18-15(21)13-8-7-9-14(10-13)16(22)19(3)4/h7-10,20H,5-6,11-12H2,1-4H3,(H,18,21). The van der Waals surface area contributed by atoms with Gasteiger partial charge in [-0.15, -0.1) is 0 Å². The maximum atomic E-state index is 12.3. The van der Waals surface area contributed by atoms with E-state index >= 15 is 0 Å². The molecule has 5 heteroatoms. The lowest BCUT2D eigenvalue weighted by Gasteiger charge is -2.29. The number of carbonyl (C=O) groups is 2. The average molecular weight is 306 g/mol. The predicted molar refractivity (Wildman–Crippen MR) is 86.9 cm³/mol. The zero-order valence-electron chi connectivity index (χ0n) is 13.8. The van der Waals surface area contributed by atoms with E-state index in [1.807, 2.05) is 13.8 Å². The molecule has 1 rings (SSSR count). The molecule has 122 valence electrons. The zero-order chi connectivity index (χ0) is 16.8. The molecule has 0 saturated heterocycles. The summed E-state index contributed by atoms with van der Waals surface area (Å²) in [6, 6.07) is 6.66. The quantitative estimate of drug-likeness (QED) is 0.808. The Morgan fingerprint density at radius 1 is 1.18 bits per heavy atom. The fraction of sp³-hybridized carbons (Fsp3) is 0.529. The van der Waals surface area contributed by atoms with E-state index in [2.05, 4.69) is 5.32 Å². The molecular weight excluding hydrogens is 280 g/mol. The second-order valence-corrected chi connectivity index (χ2v) is 5.83. The van der Waals surface area contributed by atoms with Crippen LogP contribution in [0.4, 0.5) is 0 Å². The van der Waals surface area contributed by atoms with Crippen LogP contribution < -0.4 is 5.32 Å². The van der Waals surface area contributed by atoms with Crippen LogP contribution in [0.25, 0.3) is 0 Å². The molecule has 1 aromatic rings. The van der Waals surface area contributed by atoms with Crippen molar-refractivity contribution in [3.63, 3.8) is 0 Å². The van der Waals surface area contributed by atoms with Crippen molar-refractivity contribution in [2.24, 2.45) is 5.41 Å². The Morgan fingerprint density at radius 2 is 1.77 bits per heavy atom. The summed E-state index contributed by atoms with van der Waals surface area (Å²) in [6.07, 6.45) is 1.58. The first-order valence-electron chi connectivity index (χ1n) is 7.60. The molecular formula is C17H26N2O3. The van der Waals surface area contributed by atoms with Crippen molar-refractivity contribution in [1.29, 1.82) is 0 Å². The minimum atomic E-state index is -0.285. The molecule has 0 heterocycles. The Balaban J connectivity index is 2.82. The molecule has 22 heavy (non-hydrogen) atoms. The van der Waals surface area contributed by atoms with Gasteiger partial charge in [0.1, 0.15) is 0 Å². The largest absolute Gasteiger partial charge is 0.396 e. The number of hydrogen-bond acceptors (Lipinski definition) is 3. The van der Waals surface area contributed by atoms with Gasteiger partial charge in [-0.2, -0.15) is 0 Å². The monoisotopic (exact) mass is 306 g/mol. The van der Waals surface area contributed by atoms with Crippen LogP contribution in [-0.2, 0) is 0 Å². The topological polar surface area (TPSA) is 69.6 Å². The molecule has 0 aliphatic heterocycles. The van der Waals surface area contributed by atoms with Crippen molar-refractivity contribution in [1.82, 2.24) is 10.2 Å². The van der Waals surface area contributed by atoms with Gasteiger partial charge >= 0.3 is 0 Å². The van der Waals surface area contributed by atoms with Crippen LogP contribution in [0, 0.1) is 5.41 Å². The predicted octanol–water partition coefficient (Wildman–Crippen LogP) is 1.92. The maximum absolute atomic E-state index is 12.3. The third-order valence-corrected chi connectivity index (χ3v) is 4.24. The molecule has 0 unspecified atom stereocenters. The summed E-state index contributed by atoms with van der Waals surface area (Å²) in [4.78, 5) is 25.7. The number of nitrogens with one attached hydrogen (secondary N) is 1. The van der Waals surface area contributed by atoms with Crippen molar-refractivity contribution in [2.45, 2.75) is 26.7 Å². The van der Waals surface area contributed by atoms with Crippen molar-refractivity contribution >= 4 is 11.8 Å². The summed E-state index contributed by atoms with van der Waals surface area (Å²) in [5.74, 6) is -0.366. The van der Waals surface area contributed by atoms with Gasteiger partial charge in [-0.3, -0.25) is 9.59 Å². The van der Waals surface area contributed by atoms with E-state index in [0.29, 0.717) is 17.7 Å². The van der Waals surface area contributed by atoms with Crippen LogP contribution in [0.5, 0.6) is 0 Å². The maximum Gasteiger partial charge on any atom is 0.253 e.